The number of hydrogen-bond acceptors (Lipinski definition) is 4. The van der Waals surface area contributed by atoms with E-state index in [0.29, 0.717) is 19.1 Å². The van der Waals surface area contributed by atoms with Gasteiger partial charge in [0.15, 0.2) is 5.96 Å². The van der Waals surface area contributed by atoms with Crippen molar-refractivity contribution in [2.45, 2.75) is 33.2 Å². The Labute approximate surface area is 186 Å². The van der Waals surface area contributed by atoms with Gasteiger partial charge in [0.1, 0.15) is 11.5 Å². The molecule has 1 saturated heterocycles. The monoisotopic (exact) mass is 425 g/mol. The fourth-order valence-corrected chi connectivity index (χ4v) is 3.68. The Morgan fingerprint density at radius 2 is 1.87 bits per heavy atom. The summed E-state index contributed by atoms with van der Waals surface area (Å²) in [4.78, 5) is 4.36. The molecular formula is C25H35N3O3. The summed E-state index contributed by atoms with van der Waals surface area (Å²) in [6.07, 6.45) is 1.93. The average molecular weight is 426 g/mol. The van der Waals surface area contributed by atoms with Gasteiger partial charge in [0.25, 0.3) is 0 Å². The number of aliphatic imine (C=N–C) groups is 1. The number of ether oxygens (including phenoxy) is 3. The molecule has 2 N–H and O–H groups in total. The Balaban J connectivity index is 1.52. The van der Waals surface area contributed by atoms with Crippen molar-refractivity contribution in [1.82, 2.24) is 10.6 Å². The lowest BCUT2D eigenvalue weighted by molar-refractivity contribution is 0.166. The Hall–Kier alpha value is -2.73. The topological polar surface area (TPSA) is 64.1 Å². The van der Waals surface area contributed by atoms with Gasteiger partial charge in [0.2, 0.25) is 0 Å². The number of benzene rings is 2. The third kappa shape index (κ3) is 6.89. The van der Waals surface area contributed by atoms with Crippen molar-refractivity contribution in [1.29, 1.82) is 0 Å². The molecule has 0 spiro atoms. The van der Waals surface area contributed by atoms with Gasteiger partial charge in [-0.2, -0.15) is 0 Å². The number of guanidine groups is 1. The normalized spacial score (nSPS) is 16.3. The zero-order chi connectivity index (χ0) is 22.1. The van der Waals surface area contributed by atoms with Crippen LogP contribution in [-0.2, 0) is 17.7 Å². The van der Waals surface area contributed by atoms with Crippen molar-refractivity contribution in [2.75, 3.05) is 40.5 Å². The van der Waals surface area contributed by atoms with Gasteiger partial charge >= 0.3 is 0 Å². The maximum Gasteiger partial charge on any atom is 0.191 e. The van der Waals surface area contributed by atoms with Crippen LogP contribution in [-0.4, -0.2) is 46.5 Å². The van der Waals surface area contributed by atoms with E-state index in [2.05, 4.69) is 59.8 Å². The van der Waals surface area contributed by atoms with Crippen molar-refractivity contribution < 1.29 is 14.2 Å². The lowest BCUT2D eigenvalue weighted by Crippen LogP contribution is -2.38. The SMILES string of the molecule is CN=C(NCCc1cc(C)ccc1OC)NCc1ccc(C)cc1OCC1CCOC1. The van der Waals surface area contributed by atoms with Crippen molar-refractivity contribution in [3.8, 4) is 11.5 Å². The van der Waals surface area contributed by atoms with E-state index in [4.69, 9.17) is 14.2 Å². The summed E-state index contributed by atoms with van der Waals surface area (Å²) in [6, 6.07) is 12.6. The average Bonchev–Trinajstić information content (AvgIpc) is 3.29. The van der Waals surface area contributed by atoms with Crippen molar-refractivity contribution in [3.63, 3.8) is 0 Å². The van der Waals surface area contributed by atoms with E-state index < -0.39 is 0 Å². The zero-order valence-electron chi connectivity index (χ0n) is 19.2. The van der Waals surface area contributed by atoms with E-state index in [9.17, 15) is 0 Å². The molecule has 6 heteroatoms. The summed E-state index contributed by atoms with van der Waals surface area (Å²) in [6.45, 7) is 7.92. The highest BCUT2D eigenvalue weighted by atomic mass is 16.5. The van der Waals surface area contributed by atoms with Crippen LogP contribution in [0.15, 0.2) is 41.4 Å². The van der Waals surface area contributed by atoms with Gasteiger partial charge in [-0.15, -0.1) is 0 Å². The molecule has 6 nitrogen and oxygen atoms in total. The van der Waals surface area contributed by atoms with Crippen LogP contribution in [0.4, 0.5) is 0 Å². The fraction of sp³-hybridized carbons (Fsp3) is 0.480. The summed E-state index contributed by atoms with van der Waals surface area (Å²) in [7, 11) is 3.50. The zero-order valence-corrected chi connectivity index (χ0v) is 19.2. The van der Waals surface area contributed by atoms with E-state index >= 15 is 0 Å². The first-order valence-electron chi connectivity index (χ1n) is 11.0. The quantitative estimate of drug-likeness (QED) is 0.474. The summed E-state index contributed by atoms with van der Waals surface area (Å²) in [5, 5.41) is 6.80. The summed E-state index contributed by atoms with van der Waals surface area (Å²) >= 11 is 0. The van der Waals surface area contributed by atoms with E-state index in [-0.39, 0.29) is 0 Å². The minimum atomic E-state index is 0.481. The van der Waals surface area contributed by atoms with Crippen LogP contribution >= 0.6 is 0 Å². The molecule has 0 aromatic heterocycles. The van der Waals surface area contributed by atoms with Crippen LogP contribution < -0.4 is 20.1 Å². The fourth-order valence-electron chi connectivity index (χ4n) is 3.68. The first-order valence-corrected chi connectivity index (χ1v) is 11.0. The van der Waals surface area contributed by atoms with Gasteiger partial charge in [-0.25, -0.2) is 0 Å². The molecule has 2 aromatic rings. The van der Waals surface area contributed by atoms with Crippen LogP contribution in [0.3, 0.4) is 0 Å². The standard InChI is InChI=1S/C25H35N3O3/c1-18-6-8-23(29-4)21(13-18)9-11-27-25(26-3)28-15-22-7-5-19(2)14-24(22)31-17-20-10-12-30-16-20/h5-8,13-14,20H,9-12,15-17H2,1-4H3,(H2,26,27,28). The minimum absolute atomic E-state index is 0.481. The number of nitrogens with one attached hydrogen (secondary N) is 2. The molecule has 1 fully saturated rings. The lowest BCUT2D eigenvalue weighted by Gasteiger charge is -2.17. The maximum atomic E-state index is 6.15. The van der Waals surface area contributed by atoms with Crippen molar-refractivity contribution >= 4 is 5.96 Å². The summed E-state index contributed by atoms with van der Waals surface area (Å²) < 4.78 is 17.1. The van der Waals surface area contributed by atoms with Crippen LogP contribution in [0.1, 0.15) is 28.7 Å². The predicted octanol–water partition coefficient (Wildman–Crippen LogP) is 3.64. The molecule has 0 saturated carbocycles. The summed E-state index contributed by atoms with van der Waals surface area (Å²) in [5.41, 5.74) is 4.73. The molecule has 1 atom stereocenters. The first kappa shape index (κ1) is 22.9. The van der Waals surface area contributed by atoms with E-state index in [1.807, 2.05) is 6.07 Å². The predicted molar refractivity (Wildman–Crippen MR) is 125 cm³/mol. The number of nitrogens with zero attached hydrogens (tertiary/aromatic N) is 1. The molecule has 1 heterocycles. The second-order valence-corrected chi connectivity index (χ2v) is 8.07. The summed E-state index contributed by atoms with van der Waals surface area (Å²) in [5.74, 6) is 3.10. The van der Waals surface area contributed by atoms with Gasteiger partial charge in [0, 0.05) is 38.2 Å². The van der Waals surface area contributed by atoms with Gasteiger partial charge < -0.3 is 24.8 Å². The highest BCUT2D eigenvalue weighted by Crippen LogP contribution is 2.23. The van der Waals surface area contributed by atoms with Crippen LogP contribution in [0.5, 0.6) is 11.5 Å². The number of rotatable bonds is 9. The number of aryl methyl sites for hydroxylation is 2. The molecule has 1 unspecified atom stereocenters. The second kappa shape index (κ2) is 11.6. The molecule has 1 aliphatic rings. The number of methoxy groups -OCH3 is 1. The van der Waals surface area contributed by atoms with E-state index in [1.54, 1.807) is 14.2 Å². The largest absolute Gasteiger partial charge is 0.496 e. The second-order valence-electron chi connectivity index (χ2n) is 8.07. The Morgan fingerprint density at radius 1 is 1.06 bits per heavy atom. The van der Waals surface area contributed by atoms with Gasteiger partial charge in [0.05, 0.1) is 20.3 Å². The molecule has 3 rings (SSSR count). The number of hydrogen-bond donors (Lipinski definition) is 2. The molecule has 0 bridgehead atoms. The molecule has 2 aromatic carbocycles. The van der Waals surface area contributed by atoms with Crippen molar-refractivity contribution in [2.24, 2.45) is 10.9 Å². The maximum absolute atomic E-state index is 6.15. The van der Waals surface area contributed by atoms with Crippen LogP contribution in [0, 0.1) is 19.8 Å². The van der Waals surface area contributed by atoms with Gasteiger partial charge in [-0.3, -0.25) is 4.99 Å². The third-order valence-electron chi connectivity index (χ3n) is 5.51. The van der Waals surface area contributed by atoms with Crippen LogP contribution in [0.25, 0.3) is 0 Å². The third-order valence-corrected chi connectivity index (χ3v) is 5.51. The first-order chi connectivity index (χ1) is 15.1. The Bertz CT molecular complexity index is 876. The van der Waals surface area contributed by atoms with Gasteiger partial charge in [-0.05, 0) is 49.9 Å². The van der Waals surface area contributed by atoms with Crippen molar-refractivity contribution in [3.05, 3.63) is 58.7 Å². The Kier molecular flexibility index (Phi) is 8.59. The van der Waals surface area contributed by atoms with Gasteiger partial charge in [-0.1, -0.05) is 29.8 Å². The molecule has 0 aliphatic carbocycles. The minimum Gasteiger partial charge on any atom is -0.496 e. The smallest absolute Gasteiger partial charge is 0.191 e. The molecule has 31 heavy (non-hydrogen) atoms. The highest BCUT2D eigenvalue weighted by molar-refractivity contribution is 5.79. The molecule has 0 amide bonds. The molecular weight excluding hydrogens is 390 g/mol. The van der Waals surface area contributed by atoms with Crippen LogP contribution in [0.2, 0.25) is 0 Å². The lowest BCUT2D eigenvalue weighted by atomic mass is 10.1. The molecule has 168 valence electrons. The highest BCUT2D eigenvalue weighted by Gasteiger charge is 2.17. The van der Waals surface area contributed by atoms with E-state index in [0.717, 1.165) is 55.6 Å². The molecule has 1 aliphatic heterocycles. The molecule has 0 radical (unpaired) electrons. The van der Waals surface area contributed by atoms with E-state index in [1.165, 1.54) is 16.7 Å². The Morgan fingerprint density at radius 3 is 2.61 bits per heavy atom.